The van der Waals surface area contributed by atoms with Crippen molar-refractivity contribution in [3.8, 4) is 11.8 Å². The fourth-order valence-electron chi connectivity index (χ4n) is 2.23. The normalized spacial score (nSPS) is 9.85. The van der Waals surface area contributed by atoms with Gasteiger partial charge in [-0.3, -0.25) is 4.79 Å². The van der Waals surface area contributed by atoms with Crippen LogP contribution in [0, 0.1) is 11.3 Å². The van der Waals surface area contributed by atoms with E-state index in [0.717, 1.165) is 0 Å². The van der Waals surface area contributed by atoms with Gasteiger partial charge in [-0.2, -0.15) is 5.26 Å². The summed E-state index contributed by atoms with van der Waals surface area (Å²) >= 11 is 0. The number of nitrogens with one attached hydrogen (secondary N) is 2. The predicted octanol–water partition coefficient (Wildman–Crippen LogP) is 3.35. The lowest BCUT2D eigenvalue weighted by atomic mass is 10.2. The molecule has 26 heavy (non-hydrogen) atoms. The van der Waals surface area contributed by atoms with Crippen LogP contribution in [0.1, 0.15) is 16.1 Å². The van der Waals surface area contributed by atoms with Gasteiger partial charge in [-0.15, -0.1) is 0 Å². The molecule has 2 aromatic carbocycles. The fourth-order valence-corrected chi connectivity index (χ4v) is 2.23. The number of rotatable bonds is 5. The van der Waals surface area contributed by atoms with Gasteiger partial charge in [0.1, 0.15) is 23.6 Å². The second kappa shape index (κ2) is 7.77. The topological polar surface area (TPSA) is 99.9 Å². The van der Waals surface area contributed by atoms with Gasteiger partial charge in [0.05, 0.1) is 18.7 Å². The Morgan fingerprint density at radius 1 is 1.08 bits per heavy atom. The van der Waals surface area contributed by atoms with Crippen molar-refractivity contribution in [3.63, 3.8) is 0 Å². The molecule has 0 fully saturated rings. The SMILES string of the molecule is COc1ccc(NC(=O)c2cc(Nc3cccc(C#N)c3)ncn2)cc1. The van der Waals surface area contributed by atoms with Crippen molar-refractivity contribution >= 4 is 23.1 Å². The van der Waals surface area contributed by atoms with Crippen LogP contribution in [0.3, 0.4) is 0 Å². The fraction of sp³-hybridized carbons (Fsp3) is 0.0526. The number of carbonyl (C=O) groups is 1. The molecule has 2 N–H and O–H groups in total. The molecular formula is C19H15N5O2. The highest BCUT2D eigenvalue weighted by molar-refractivity contribution is 6.03. The first-order valence-electron chi connectivity index (χ1n) is 7.72. The number of methoxy groups -OCH3 is 1. The Balaban J connectivity index is 1.73. The Kier molecular flexibility index (Phi) is 5.05. The van der Waals surface area contributed by atoms with Gasteiger partial charge >= 0.3 is 0 Å². The lowest BCUT2D eigenvalue weighted by molar-refractivity contribution is 0.102. The lowest BCUT2D eigenvalue weighted by Gasteiger charge is -2.08. The van der Waals surface area contributed by atoms with Crippen LogP contribution in [-0.4, -0.2) is 23.0 Å². The Hall–Kier alpha value is -3.92. The highest BCUT2D eigenvalue weighted by Gasteiger charge is 2.10. The summed E-state index contributed by atoms with van der Waals surface area (Å²) in [6.07, 6.45) is 1.30. The Labute approximate surface area is 150 Å². The van der Waals surface area contributed by atoms with Crippen LogP contribution in [0.15, 0.2) is 60.9 Å². The third-order valence-electron chi connectivity index (χ3n) is 3.51. The van der Waals surface area contributed by atoms with Crippen molar-refractivity contribution in [1.82, 2.24) is 9.97 Å². The molecule has 0 aliphatic heterocycles. The van der Waals surface area contributed by atoms with E-state index in [4.69, 9.17) is 10.00 Å². The molecule has 0 spiro atoms. The Bertz CT molecular complexity index is 964. The first-order chi connectivity index (χ1) is 12.7. The van der Waals surface area contributed by atoms with E-state index in [9.17, 15) is 4.79 Å². The minimum atomic E-state index is -0.355. The van der Waals surface area contributed by atoms with Crippen LogP contribution >= 0.6 is 0 Å². The van der Waals surface area contributed by atoms with Crippen molar-refractivity contribution in [3.05, 3.63) is 72.2 Å². The second-order valence-electron chi connectivity index (χ2n) is 5.29. The number of hydrogen-bond acceptors (Lipinski definition) is 6. The monoisotopic (exact) mass is 345 g/mol. The largest absolute Gasteiger partial charge is 0.497 e. The van der Waals surface area contributed by atoms with Crippen LogP contribution in [0.25, 0.3) is 0 Å². The van der Waals surface area contributed by atoms with Gasteiger partial charge in [0, 0.05) is 17.4 Å². The van der Waals surface area contributed by atoms with E-state index in [2.05, 4.69) is 26.7 Å². The molecule has 7 heteroatoms. The third-order valence-corrected chi connectivity index (χ3v) is 3.51. The quantitative estimate of drug-likeness (QED) is 0.735. The summed E-state index contributed by atoms with van der Waals surface area (Å²) in [6.45, 7) is 0. The van der Waals surface area contributed by atoms with E-state index in [0.29, 0.717) is 28.5 Å². The van der Waals surface area contributed by atoms with Crippen LogP contribution < -0.4 is 15.4 Å². The summed E-state index contributed by atoms with van der Waals surface area (Å²) in [7, 11) is 1.58. The summed E-state index contributed by atoms with van der Waals surface area (Å²) in [6, 6.07) is 17.6. The number of benzene rings is 2. The zero-order valence-corrected chi connectivity index (χ0v) is 13.9. The number of ether oxygens (including phenoxy) is 1. The molecule has 128 valence electrons. The van der Waals surface area contributed by atoms with Crippen LogP contribution in [0.5, 0.6) is 5.75 Å². The number of nitrogens with zero attached hydrogens (tertiary/aromatic N) is 3. The molecule has 0 saturated heterocycles. The molecule has 0 aliphatic rings. The third kappa shape index (κ3) is 4.13. The predicted molar refractivity (Wildman–Crippen MR) is 97.4 cm³/mol. The highest BCUT2D eigenvalue weighted by Crippen LogP contribution is 2.18. The van der Waals surface area contributed by atoms with Crippen molar-refractivity contribution in [2.24, 2.45) is 0 Å². The van der Waals surface area contributed by atoms with Crippen molar-refractivity contribution in [1.29, 1.82) is 5.26 Å². The average Bonchev–Trinajstić information content (AvgIpc) is 2.69. The van der Waals surface area contributed by atoms with Crippen molar-refractivity contribution < 1.29 is 9.53 Å². The zero-order chi connectivity index (χ0) is 18.4. The summed E-state index contributed by atoms with van der Waals surface area (Å²) in [5.41, 5.74) is 2.08. The first-order valence-corrected chi connectivity index (χ1v) is 7.72. The highest BCUT2D eigenvalue weighted by atomic mass is 16.5. The average molecular weight is 345 g/mol. The molecule has 0 atom stereocenters. The van der Waals surface area contributed by atoms with Gasteiger partial charge in [0.2, 0.25) is 0 Å². The maximum Gasteiger partial charge on any atom is 0.274 e. The van der Waals surface area contributed by atoms with Gasteiger partial charge in [-0.25, -0.2) is 9.97 Å². The van der Waals surface area contributed by atoms with Crippen LogP contribution in [0.4, 0.5) is 17.2 Å². The molecule has 1 amide bonds. The maximum atomic E-state index is 12.4. The van der Waals surface area contributed by atoms with Gasteiger partial charge in [0.25, 0.3) is 5.91 Å². The number of aromatic nitrogens is 2. The zero-order valence-electron chi connectivity index (χ0n) is 13.9. The van der Waals surface area contributed by atoms with E-state index in [-0.39, 0.29) is 11.6 Å². The molecule has 0 saturated carbocycles. The van der Waals surface area contributed by atoms with Gasteiger partial charge < -0.3 is 15.4 Å². The lowest BCUT2D eigenvalue weighted by Crippen LogP contribution is -2.14. The number of carbonyl (C=O) groups excluding carboxylic acids is 1. The smallest absolute Gasteiger partial charge is 0.274 e. The molecule has 0 radical (unpaired) electrons. The molecule has 7 nitrogen and oxygen atoms in total. The van der Waals surface area contributed by atoms with E-state index in [1.54, 1.807) is 55.6 Å². The van der Waals surface area contributed by atoms with E-state index >= 15 is 0 Å². The molecule has 0 unspecified atom stereocenters. The van der Waals surface area contributed by atoms with Crippen LogP contribution in [-0.2, 0) is 0 Å². The van der Waals surface area contributed by atoms with Crippen molar-refractivity contribution in [2.45, 2.75) is 0 Å². The molecule has 0 aliphatic carbocycles. The number of amides is 1. The van der Waals surface area contributed by atoms with E-state index < -0.39 is 0 Å². The standard InChI is InChI=1S/C19H15N5O2/c1-26-16-7-5-14(6-8-16)24-19(25)17-10-18(22-12-21-17)23-15-4-2-3-13(9-15)11-20/h2-10,12H,1H3,(H,24,25)(H,21,22,23). The first kappa shape index (κ1) is 16.9. The Morgan fingerprint density at radius 3 is 2.62 bits per heavy atom. The van der Waals surface area contributed by atoms with E-state index in [1.165, 1.54) is 12.4 Å². The van der Waals surface area contributed by atoms with Gasteiger partial charge in [-0.05, 0) is 42.5 Å². The van der Waals surface area contributed by atoms with Crippen LogP contribution in [0.2, 0.25) is 0 Å². The summed E-state index contributed by atoms with van der Waals surface area (Å²) < 4.78 is 5.09. The Morgan fingerprint density at radius 2 is 1.88 bits per heavy atom. The molecule has 3 rings (SSSR count). The summed E-state index contributed by atoms with van der Waals surface area (Å²) in [5.74, 6) is 0.803. The minimum Gasteiger partial charge on any atom is -0.497 e. The molecular weight excluding hydrogens is 330 g/mol. The molecule has 0 bridgehead atoms. The van der Waals surface area contributed by atoms with Crippen molar-refractivity contribution in [2.75, 3.05) is 17.7 Å². The second-order valence-corrected chi connectivity index (χ2v) is 5.29. The number of hydrogen-bond donors (Lipinski definition) is 2. The molecule has 1 heterocycles. The minimum absolute atomic E-state index is 0.217. The summed E-state index contributed by atoms with van der Waals surface area (Å²) in [5, 5.41) is 14.8. The molecule has 1 aromatic heterocycles. The van der Waals surface area contributed by atoms with E-state index in [1.807, 2.05) is 0 Å². The van der Waals surface area contributed by atoms with Gasteiger partial charge in [-0.1, -0.05) is 6.07 Å². The number of anilines is 3. The van der Waals surface area contributed by atoms with Gasteiger partial charge in [0.15, 0.2) is 0 Å². The molecule has 3 aromatic rings. The maximum absolute atomic E-state index is 12.4. The number of nitriles is 1. The summed E-state index contributed by atoms with van der Waals surface area (Å²) in [4.78, 5) is 20.5.